The van der Waals surface area contributed by atoms with Gasteiger partial charge in [-0.05, 0) is 29.7 Å². The molecule has 17 heavy (non-hydrogen) atoms. The second kappa shape index (κ2) is 4.45. The summed E-state index contributed by atoms with van der Waals surface area (Å²) in [7, 11) is 1.59. The lowest BCUT2D eigenvalue weighted by Crippen LogP contribution is -2.34. The average Bonchev–Trinajstić information content (AvgIpc) is 2.36. The fraction of sp³-hybridized carbons (Fsp3) is 0.333. The molecule has 0 fully saturated rings. The Morgan fingerprint density at radius 1 is 1.35 bits per heavy atom. The van der Waals surface area contributed by atoms with E-state index >= 15 is 0 Å². The summed E-state index contributed by atoms with van der Waals surface area (Å²) in [6, 6.07) is 5.39. The molecule has 0 spiro atoms. The zero-order chi connectivity index (χ0) is 12.4. The second-order valence-corrected chi connectivity index (χ2v) is 4.02. The van der Waals surface area contributed by atoms with Crippen molar-refractivity contribution in [2.75, 3.05) is 13.6 Å². The van der Waals surface area contributed by atoms with Gasteiger partial charge in [0.05, 0.1) is 0 Å². The van der Waals surface area contributed by atoms with Crippen molar-refractivity contribution >= 4 is 12.0 Å². The van der Waals surface area contributed by atoms with Crippen LogP contribution in [-0.4, -0.2) is 35.6 Å². The fourth-order valence-corrected chi connectivity index (χ4v) is 2.00. The van der Waals surface area contributed by atoms with E-state index in [1.165, 1.54) is 4.90 Å². The molecular weight excluding hydrogens is 220 g/mol. The first kappa shape index (κ1) is 11.4. The minimum Gasteiger partial charge on any atom is -0.465 e. The number of amides is 2. The molecule has 5 nitrogen and oxygen atoms in total. The topological polar surface area (TPSA) is 69.6 Å². The molecule has 1 aliphatic heterocycles. The van der Waals surface area contributed by atoms with Crippen LogP contribution in [0.2, 0.25) is 0 Å². The molecule has 1 aromatic rings. The summed E-state index contributed by atoms with van der Waals surface area (Å²) in [6.45, 7) is 0.887. The third-order valence-electron chi connectivity index (χ3n) is 2.98. The predicted molar refractivity (Wildman–Crippen MR) is 62.0 cm³/mol. The summed E-state index contributed by atoms with van der Waals surface area (Å²) >= 11 is 0. The summed E-state index contributed by atoms with van der Waals surface area (Å²) in [4.78, 5) is 23.7. The van der Waals surface area contributed by atoms with Crippen LogP contribution in [0.3, 0.4) is 0 Å². The number of rotatable bonds is 1. The van der Waals surface area contributed by atoms with Crippen molar-refractivity contribution in [1.29, 1.82) is 0 Å². The van der Waals surface area contributed by atoms with Gasteiger partial charge in [0.2, 0.25) is 0 Å². The van der Waals surface area contributed by atoms with Crippen LogP contribution in [0.15, 0.2) is 18.2 Å². The Kier molecular flexibility index (Phi) is 2.99. The third-order valence-corrected chi connectivity index (χ3v) is 2.98. The number of benzene rings is 1. The molecule has 0 radical (unpaired) electrons. The largest absolute Gasteiger partial charge is 0.465 e. The van der Waals surface area contributed by atoms with Crippen molar-refractivity contribution in [3.8, 4) is 0 Å². The molecule has 0 saturated carbocycles. The van der Waals surface area contributed by atoms with E-state index in [9.17, 15) is 9.59 Å². The molecule has 1 aliphatic rings. The molecule has 2 amide bonds. The van der Waals surface area contributed by atoms with Crippen molar-refractivity contribution in [1.82, 2.24) is 10.2 Å². The van der Waals surface area contributed by atoms with Gasteiger partial charge in [0.15, 0.2) is 0 Å². The van der Waals surface area contributed by atoms with E-state index in [0.717, 1.165) is 11.1 Å². The van der Waals surface area contributed by atoms with Gasteiger partial charge in [-0.15, -0.1) is 0 Å². The van der Waals surface area contributed by atoms with Crippen LogP contribution in [0.1, 0.15) is 21.5 Å². The van der Waals surface area contributed by atoms with Crippen molar-refractivity contribution < 1.29 is 14.7 Å². The smallest absolute Gasteiger partial charge is 0.407 e. The first-order chi connectivity index (χ1) is 8.11. The van der Waals surface area contributed by atoms with Crippen LogP contribution in [0.4, 0.5) is 4.79 Å². The van der Waals surface area contributed by atoms with Crippen LogP contribution in [0.5, 0.6) is 0 Å². The van der Waals surface area contributed by atoms with E-state index in [0.29, 0.717) is 25.1 Å². The predicted octanol–water partition coefficient (Wildman–Crippen LogP) is 1.08. The summed E-state index contributed by atoms with van der Waals surface area (Å²) in [5.74, 6) is -0.117. The molecule has 5 heteroatoms. The van der Waals surface area contributed by atoms with Gasteiger partial charge in [0, 0.05) is 25.7 Å². The zero-order valence-corrected chi connectivity index (χ0v) is 9.56. The summed E-state index contributed by atoms with van der Waals surface area (Å²) in [5, 5.41) is 11.5. The number of nitrogens with one attached hydrogen (secondary N) is 1. The van der Waals surface area contributed by atoms with Gasteiger partial charge in [-0.1, -0.05) is 6.07 Å². The van der Waals surface area contributed by atoms with E-state index < -0.39 is 6.09 Å². The van der Waals surface area contributed by atoms with Gasteiger partial charge >= 0.3 is 6.09 Å². The Morgan fingerprint density at radius 2 is 2.12 bits per heavy atom. The maximum atomic E-state index is 11.5. The lowest BCUT2D eigenvalue weighted by Gasteiger charge is -2.26. The van der Waals surface area contributed by atoms with Crippen LogP contribution < -0.4 is 5.32 Å². The van der Waals surface area contributed by atoms with E-state index in [4.69, 9.17) is 5.11 Å². The Labute approximate surface area is 99.0 Å². The summed E-state index contributed by atoms with van der Waals surface area (Å²) < 4.78 is 0. The molecule has 0 atom stereocenters. The second-order valence-electron chi connectivity index (χ2n) is 4.02. The van der Waals surface area contributed by atoms with E-state index in [1.807, 2.05) is 12.1 Å². The zero-order valence-electron chi connectivity index (χ0n) is 9.56. The minimum absolute atomic E-state index is 0.117. The summed E-state index contributed by atoms with van der Waals surface area (Å²) in [6.07, 6.45) is -0.238. The van der Waals surface area contributed by atoms with Gasteiger partial charge in [-0.25, -0.2) is 4.79 Å². The molecule has 1 aromatic carbocycles. The maximum Gasteiger partial charge on any atom is 0.407 e. The van der Waals surface area contributed by atoms with Gasteiger partial charge in [0.1, 0.15) is 0 Å². The normalized spacial score (nSPS) is 14.1. The monoisotopic (exact) mass is 234 g/mol. The van der Waals surface area contributed by atoms with E-state index in [2.05, 4.69) is 5.32 Å². The molecule has 0 aliphatic carbocycles. The van der Waals surface area contributed by atoms with Gasteiger partial charge in [0.25, 0.3) is 5.91 Å². The third kappa shape index (κ3) is 2.22. The molecule has 0 saturated heterocycles. The lowest BCUT2D eigenvalue weighted by molar-refractivity contribution is 0.0962. The van der Waals surface area contributed by atoms with Crippen LogP contribution in [0, 0.1) is 0 Å². The van der Waals surface area contributed by atoms with Crippen molar-refractivity contribution in [2.24, 2.45) is 0 Å². The van der Waals surface area contributed by atoms with Crippen molar-refractivity contribution in [2.45, 2.75) is 13.0 Å². The maximum absolute atomic E-state index is 11.5. The molecule has 0 unspecified atom stereocenters. The highest BCUT2D eigenvalue weighted by molar-refractivity contribution is 5.94. The number of hydrogen-bond acceptors (Lipinski definition) is 2. The van der Waals surface area contributed by atoms with Gasteiger partial charge in [-0.3, -0.25) is 4.79 Å². The number of carbonyl (C=O) groups excluding carboxylic acids is 1. The Hall–Kier alpha value is -2.04. The van der Waals surface area contributed by atoms with Crippen molar-refractivity contribution in [3.05, 3.63) is 34.9 Å². The Morgan fingerprint density at radius 3 is 2.76 bits per heavy atom. The number of hydrogen-bond donors (Lipinski definition) is 2. The first-order valence-electron chi connectivity index (χ1n) is 5.43. The van der Waals surface area contributed by atoms with Crippen LogP contribution in [0.25, 0.3) is 0 Å². The highest BCUT2D eigenvalue weighted by atomic mass is 16.4. The highest BCUT2D eigenvalue weighted by Crippen LogP contribution is 2.20. The average molecular weight is 234 g/mol. The van der Waals surface area contributed by atoms with Gasteiger partial charge in [-0.2, -0.15) is 0 Å². The molecule has 0 bridgehead atoms. The molecule has 2 N–H and O–H groups in total. The highest BCUT2D eigenvalue weighted by Gasteiger charge is 2.20. The number of carboxylic acid groups (broad SMARTS) is 1. The van der Waals surface area contributed by atoms with E-state index in [-0.39, 0.29) is 5.91 Å². The number of nitrogens with zero attached hydrogens (tertiary/aromatic N) is 1. The van der Waals surface area contributed by atoms with Crippen LogP contribution in [-0.2, 0) is 13.0 Å². The quantitative estimate of drug-likeness (QED) is 0.764. The molecule has 0 aromatic heterocycles. The van der Waals surface area contributed by atoms with E-state index in [1.54, 1.807) is 13.1 Å². The van der Waals surface area contributed by atoms with Crippen LogP contribution >= 0.6 is 0 Å². The Bertz CT molecular complexity index is 471. The molecular formula is C12H14N2O3. The SMILES string of the molecule is CNC(=O)c1ccc2c(c1)CCN(C(=O)O)C2. The molecule has 1 heterocycles. The molecule has 2 rings (SSSR count). The number of carbonyl (C=O) groups is 2. The van der Waals surface area contributed by atoms with Crippen molar-refractivity contribution in [3.63, 3.8) is 0 Å². The Balaban J connectivity index is 2.25. The minimum atomic E-state index is -0.897. The lowest BCUT2D eigenvalue weighted by atomic mass is 9.97. The molecule has 90 valence electrons. The first-order valence-corrected chi connectivity index (χ1v) is 5.43. The van der Waals surface area contributed by atoms with Gasteiger partial charge < -0.3 is 15.3 Å². The standard InChI is InChI=1S/C12H14N2O3/c1-13-11(15)9-2-3-10-7-14(12(16)17)5-4-8(10)6-9/h2-3,6H,4-5,7H2,1H3,(H,13,15)(H,16,17). The number of fused-ring (bicyclic) bond motifs is 1. The fourth-order valence-electron chi connectivity index (χ4n) is 2.00. The summed E-state index contributed by atoms with van der Waals surface area (Å²) in [5.41, 5.74) is 2.66.